The molecule has 0 amide bonds. The molecular weight excluding hydrogens is 478 g/mol. The third-order valence-electron chi connectivity index (χ3n) is 7.89. The molecular formula is C31H43N3O4. The van der Waals surface area contributed by atoms with Crippen LogP contribution in [0.3, 0.4) is 0 Å². The van der Waals surface area contributed by atoms with Gasteiger partial charge in [-0.05, 0) is 62.6 Å². The Bertz CT molecular complexity index is 1040. The Kier molecular flexibility index (Phi) is 10.6. The van der Waals surface area contributed by atoms with Gasteiger partial charge in [-0.2, -0.15) is 0 Å². The van der Waals surface area contributed by atoms with Gasteiger partial charge in [-0.1, -0.05) is 56.4 Å². The summed E-state index contributed by atoms with van der Waals surface area (Å²) in [6.07, 6.45) is 13.5. The van der Waals surface area contributed by atoms with Gasteiger partial charge in [0.1, 0.15) is 17.4 Å². The Morgan fingerprint density at radius 1 is 1.08 bits per heavy atom. The minimum atomic E-state index is -0.250. The van der Waals surface area contributed by atoms with Gasteiger partial charge in [0.15, 0.2) is 0 Å². The molecule has 0 spiro atoms. The van der Waals surface area contributed by atoms with Crippen LogP contribution in [-0.4, -0.2) is 53.0 Å². The van der Waals surface area contributed by atoms with E-state index in [1.807, 2.05) is 6.07 Å². The van der Waals surface area contributed by atoms with Crippen molar-refractivity contribution >= 4 is 18.1 Å². The molecule has 2 aliphatic carbocycles. The number of hydrogen-bond donors (Lipinski definition) is 2. The first-order chi connectivity index (χ1) is 18.6. The number of benzene rings is 1. The molecule has 1 saturated heterocycles. The largest absolute Gasteiger partial charge is 0.490 e. The second-order valence-electron chi connectivity index (χ2n) is 11.1. The smallest absolute Gasteiger partial charge is 0.290 e. The Morgan fingerprint density at radius 2 is 1.82 bits per heavy atom. The second-order valence-corrected chi connectivity index (χ2v) is 11.1. The van der Waals surface area contributed by atoms with Crippen molar-refractivity contribution in [1.82, 2.24) is 9.88 Å². The summed E-state index contributed by atoms with van der Waals surface area (Å²) in [4.78, 5) is 26.7. The molecule has 2 saturated carbocycles. The first-order valence-corrected chi connectivity index (χ1v) is 14.3. The van der Waals surface area contributed by atoms with E-state index < -0.39 is 0 Å². The maximum absolute atomic E-state index is 11.2. The molecule has 2 aliphatic heterocycles. The lowest BCUT2D eigenvalue weighted by Crippen LogP contribution is -2.48. The number of fused-ring (bicyclic) bond motifs is 1. The lowest BCUT2D eigenvalue weighted by atomic mass is 9.86. The van der Waals surface area contributed by atoms with Crippen LogP contribution in [0.15, 0.2) is 36.4 Å². The highest BCUT2D eigenvalue weighted by molar-refractivity contribution is 5.79. The molecule has 6 rings (SSSR count). The van der Waals surface area contributed by atoms with Crippen LogP contribution in [0.2, 0.25) is 0 Å². The zero-order valence-electron chi connectivity index (χ0n) is 22.7. The molecule has 206 valence electrons. The highest BCUT2D eigenvalue weighted by Gasteiger charge is 2.31. The lowest BCUT2D eigenvalue weighted by molar-refractivity contribution is -0.126. The van der Waals surface area contributed by atoms with Crippen LogP contribution < -0.4 is 10.1 Å². The number of Topliss-reactive ketones (excluding diaryl/α,β-unsaturated/α-hetero) is 1. The van der Waals surface area contributed by atoms with Crippen molar-refractivity contribution < 1.29 is 19.4 Å². The number of para-hydroxylation sites is 1. The van der Waals surface area contributed by atoms with Crippen LogP contribution in [0.4, 0.5) is 5.82 Å². The van der Waals surface area contributed by atoms with E-state index >= 15 is 0 Å². The van der Waals surface area contributed by atoms with Gasteiger partial charge in [-0.3, -0.25) is 14.5 Å². The van der Waals surface area contributed by atoms with Crippen molar-refractivity contribution in [3.8, 4) is 5.75 Å². The Labute approximate surface area is 227 Å². The predicted molar refractivity (Wildman–Crippen MR) is 150 cm³/mol. The molecule has 3 heterocycles. The topological polar surface area (TPSA) is 91.8 Å². The van der Waals surface area contributed by atoms with Crippen molar-refractivity contribution in [2.45, 2.75) is 83.8 Å². The van der Waals surface area contributed by atoms with E-state index in [4.69, 9.17) is 19.6 Å². The average Bonchev–Trinajstić information content (AvgIpc) is 3.72. The van der Waals surface area contributed by atoms with Gasteiger partial charge in [-0.25, -0.2) is 4.98 Å². The maximum atomic E-state index is 11.2. The number of carboxylic acid groups (broad SMARTS) is 1. The number of aromatic nitrogens is 1. The van der Waals surface area contributed by atoms with E-state index in [0.717, 1.165) is 43.7 Å². The van der Waals surface area contributed by atoms with Gasteiger partial charge in [0.25, 0.3) is 6.47 Å². The summed E-state index contributed by atoms with van der Waals surface area (Å²) in [5.74, 6) is 3.63. The Balaban J connectivity index is 0.000000161. The molecule has 7 nitrogen and oxygen atoms in total. The molecule has 0 bridgehead atoms. The molecule has 0 unspecified atom stereocenters. The maximum Gasteiger partial charge on any atom is 0.290 e. The molecule has 0 atom stereocenters. The van der Waals surface area contributed by atoms with Crippen LogP contribution in [-0.2, 0) is 29.0 Å². The fraction of sp³-hybridized carbons (Fsp3) is 0.581. The monoisotopic (exact) mass is 521 g/mol. The zero-order valence-corrected chi connectivity index (χ0v) is 22.7. The molecule has 3 fully saturated rings. The first-order valence-electron chi connectivity index (χ1n) is 14.3. The van der Waals surface area contributed by atoms with Crippen molar-refractivity contribution in [2.75, 3.05) is 25.0 Å². The third kappa shape index (κ3) is 8.55. The number of rotatable bonds is 7. The van der Waals surface area contributed by atoms with Crippen LogP contribution in [0, 0.1) is 11.8 Å². The van der Waals surface area contributed by atoms with Gasteiger partial charge in [0.2, 0.25) is 0 Å². The number of hydrogen-bond acceptors (Lipinski definition) is 6. The minimum absolute atomic E-state index is 0.250. The number of carbonyl (C=O) groups is 2. The summed E-state index contributed by atoms with van der Waals surface area (Å²) in [5.41, 5.74) is 3.94. The number of nitrogens with one attached hydrogen (secondary N) is 1. The van der Waals surface area contributed by atoms with E-state index in [2.05, 4.69) is 40.5 Å². The van der Waals surface area contributed by atoms with E-state index in [1.165, 1.54) is 81.0 Å². The van der Waals surface area contributed by atoms with Crippen LogP contribution in [0.1, 0.15) is 75.1 Å². The highest BCUT2D eigenvalue weighted by atomic mass is 16.5. The van der Waals surface area contributed by atoms with Crippen molar-refractivity contribution in [3.05, 3.63) is 53.2 Å². The summed E-state index contributed by atoms with van der Waals surface area (Å²) in [5, 5.41) is 10.3. The number of aryl methyl sites for hydroxylation is 1. The fourth-order valence-electron chi connectivity index (χ4n) is 5.48. The Morgan fingerprint density at radius 3 is 2.53 bits per heavy atom. The summed E-state index contributed by atoms with van der Waals surface area (Å²) in [6.45, 7) is 5.21. The Hall–Kier alpha value is -2.93. The first kappa shape index (κ1) is 28.1. The molecule has 4 aliphatic rings. The van der Waals surface area contributed by atoms with Gasteiger partial charge in [-0.15, -0.1) is 0 Å². The molecule has 38 heavy (non-hydrogen) atoms. The number of ether oxygens (including phenoxy) is 1. The molecule has 7 heteroatoms. The number of likely N-dealkylation sites (tertiary alicyclic amines) is 1. The van der Waals surface area contributed by atoms with Crippen molar-refractivity contribution in [3.63, 3.8) is 0 Å². The van der Waals surface area contributed by atoms with Gasteiger partial charge in [0, 0.05) is 43.4 Å². The zero-order chi connectivity index (χ0) is 26.7. The quantitative estimate of drug-likeness (QED) is 0.464. The second kappa shape index (κ2) is 14.3. The molecule has 0 radical (unpaired) electrons. The molecule has 1 aromatic carbocycles. The van der Waals surface area contributed by atoms with Gasteiger partial charge >= 0.3 is 0 Å². The molecule has 2 N–H and O–H groups in total. The van der Waals surface area contributed by atoms with E-state index in [0.29, 0.717) is 11.9 Å². The number of ketones is 1. The van der Waals surface area contributed by atoms with Gasteiger partial charge < -0.3 is 15.2 Å². The minimum Gasteiger partial charge on any atom is -0.490 e. The number of pyridine rings is 1. The molecule has 1 aromatic heterocycles. The summed E-state index contributed by atoms with van der Waals surface area (Å²) >= 11 is 0. The summed E-state index contributed by atoms with van der Waals surface area (Å²) in [6, 6.07) is 12.8. The predicted octanol–water partition coefficient (Wildman–Crippen LogP) is 5.51. The van der Waals surface area contributed by atoms with Gasteiger partial charge in [0.05, 0.1) is 6.10 Å². The van der Waals surface area contributed by atoms with Crippen LogP contribution in [0.25, 0.3) is 0 Å². The van der Waals surface area contributed by atoms with E-state index in [-0.39, 0.29) is 12.4 Å². The average molecular weight is 522 g/mol. The van der Waals surface area contributed by atoms with E-state index in [1.54, 1.807) is 6.92 Å². The molecule has 2 aromatic rings. The summed E-state index contributed by atoms with van der Waals surface area (Å²) in [7, 11) is 0. The van der Waals surface area contributed by atoms with Crippen molar-refractivity contribution in [2.24, 2.45) is 11.8 Å². The third-order valence-corrected chi connectivity index (χ3v) is 7.89. The summed E-state index contributed by atoms with van der Waals surface area (Å²) < 4.78 is 5.91. The number of carbonyl (C=O) groups excluding carboxylic acids is 1. The van der Waals surface area contributed by atoms with E-state index in [9.17, 15) is 4.79 Å². The van der Waals surface area contributed by atoms with Crippen molar-refractivity contribution in [1.29, 1.82) is 0 Å². The fourth-order valence-corrected chi connectivity index (χ4v) is 5.48. The standard InChI is InChI=1S/C15H22N2.C15H19NO2.CH2O2/c1-2-5-12(6-3-1)11-14-9-8-13-7-4-10-16-15(13)17-14;1-11(17)13-9-16(10-13)8-12-4-2-3-5-15(12)18-14-6-7-14;2-1-3/h8-9,12H,1-7,10-11H2,(H,16,17);2-5,13-14H,6-10H2,1H3;1H,(H,2,3). The number of nitrogens with zero attached hydrogens (tertiary/aromatic N) is 2. The number of anilines is 1. The lowest BCUT2D eigenvalue weighted by Gasteiger charge is -2.38. The highest BCUT2D eigenvalue weighted by Crippen LogP contribution is 2.31. The SMILES string of the molecule is CC(=O)C1CN(Cc2ccccc2OC2CC2)C1.O=CO.c1cc2c(nc1CC1CCCCC1)NCCC2. The van der Waals surface area contributed by atoms with Crippen LogP contribution >= 0.6 is 0 Å². The van der Waals surface area contributed by atoms with Crippen LogP contribution in [0.5, 0.6) is 5.75 Å². The normalized spacial score (nSPS) is 19.3.